The summed E-state index contributed by atoms with van der Waals surface area (Å²) in [6.45, 7) is 2.18. The van der Waals surface area contributed by atoms with Gasteiger partial charge in [-0.05, 0) is 48.5 Å². The Kier molecular flexibility index (Phi) is 15.1. The molecule has 16 nitrogen and oxygen atoms in total. The number of carboxylic acid groups (broad SMARTS) is 1. The lowest BCUT2D eigenvalue weighted by molar-refractivity contribution is -0.192. The van der Waals surface area contributed by atoms with Crippen LogP contribution in [0.25, 0.3) is 0 Å². The van der Waals surface area contributed by atoms with Crippen molar-refractivity contribution in [1.29, 1.82) is 5.41 Å². The van der Waals surface area contributed by atoms with Gasteiger partial charge in [-0.15, -0.1) is 0 Å². The molecule has 0 unspecified atom stereocenters. The van der Waals surface area contributed by atoms with Crippen molar-refractivity contribution in [3.8, 4) is 46.3 Å². The summed E-state index contributed by atoms with van der Waals surface area (Å²) in [5, 5.41) is 25.3. The first-order valence-electron chi connectivity index (χ1n) is 16.7. The highest BCUT2D eigenvalue weighted by Gasteiger charge is 2.38. The molecule has 0 radical (unpaired) electrons. The number of halogens is 5. The van der Waals surface area contributed by atoms with E-state index in [0.29, 0.717) is 31.2 Å². The quantitative estimate of drug-likeness (QED) is 0.0341. The standard InChI is InChI=1S/C35H35F2N5O9.C2HF3O2/c1-42-12-11-40-32(42)21-5-4-6-23(17-21)49-33-28(36)30(29(37)34(41-33)51-26-18-20(31(38)39)7-9-24(26)43)50-25-10-8-22(19-27(25)46-3)35(44)48-16-15-47-14-13-45-2;3-2(4,5)1(6)7/h4-10,17-19,43H,11-16H2,1-3H3,(H3,38,39);(H,6,7). The Hall–Kier alpha value is -6.74. The van der Waals surface area contributed by atoms with E-state index >= 15 is 8.78 Å². The number of pyridine rings is 1. The van der Waals surface area contributed by atoms with E-state index in [2.05, 4.69) is 9.98 Å². The molecule has 0 atom stereocenters. The number of carboxylic acids is 1. The Bertz CT molecular complexity index is 2150. The van der Waals surface area contributed by atoms with Crippen molar-refractivity contribution in [2.24, 2.45) is 10.7 Å². The fraction of sp³-hybridized carbons (Fsp3) is 0.270. The first-order chi connectivity index (χ1) is 27.5. The number of hydrogen-bond acceptors (Lipinski definition) is 14. The predicted molar refractivity (Wildman–Crippen MR) is 194 cm³/mol. The summed E-state index contributed by atoms with van der Waals surface area (Å²) in [5.74, 6) is -9.37. The van der Waals surface area contributed by atoms with Gasteiger partial charge in [-0.1, -0.05) is 12.1 Å². The number of methoxy groups -OCH3 is 2. The van der Waals surface area contributed by atoms with Gasteiger partial charge in [-0.2, -0.15) is 26.9 Å². The number of alkyl halides is 3. The lowest BCUT2D eigenvalue weighted by Gasteiger charge is -2.17. The number of aliphatic carboxylic acids is 1. The second-order valence-electron chi connectivity index (χ2n) is 11.6. The third kappa shape index (κ3) is 11.6. The van der Waals surface area contributed by atoms with E-state index in [1.54, 1.807) is 24.3 Å². The molecule has 3 aromatic carbocycles. The average Bonchev–Trinajstić information content (AvgIpc) is 3.62. The van der Waals surface area contributed by atoms with E-state index in [-0.39, 0.29) is 53.2 Å². The average molecular weight is 822 g/mol. The van der Waals surface area contributed by atoms with Crippen molar-refractivity contribution in [3.05, 3.63) is 89.0 Å². The van der Waals surface area contributed by atoms with Crippen LogP contribution >= 0.6 is 0 Å². The first-order valence-corrected chi connectivity index (χ1v) is 16.7. The van der Waals surface area contributed by atoms with Crippen LogP contribution < -0.4 is 24.7 Å². The number of aromatic hydroxyl groups is 1. The molecule has 310 valence electrons. The number of carbonyl (C=O) groups is 2. The van der Waals surface area contributed by atoms with Crippen LogP contribution in [-0.4, -0.2) is 111 Å². The molecule has 5 rings (SSSR count). The van der Waals surface area contributed by atoms with Crippen LogP contribution in [-0.2, 0) is 19.0 Å². The van der Waals surface area contributed by atoms with Crippen LogP contribution in [0.2, 0.25) is 0 Å². The van der Waals surface area contributed by atoms with Gasteiger partial charge in [0.05, 0.1) is 39.0 Å². The maximum atomic E-state index is 16.2. The molecular weight excluding hydrogens is 785 g/mol. The molecule has 1 aliphatic rings. The van der Waals surface area contributed by atoms with Crippen LogP contribution in [0, 0.1) is 17.0 Å². The van der Waals surface area contributed by atoms with E-state index in [4.69, 9.17) is 54.2 Å². The SMILES string of the molecule is COCCOCCOC(=O)c1ccc(Oc2c(F)c(Oc3cccc(C4=NCCN4C)c3)nc(Oc3cc(C(=N)N)ccc3O)c2F)c(OC)c1.O=C(O)C(F)(F)F. The van der Waals surface area contributed by atoms with Gasteiger partial charge in [-0.25, -0.2) is 9.59 Å². The molecule has 0 amide bonds. The minimum atomic E-state index is -5.08. The van der Waals surface area contributed by atoms with E-state index in [1.165, 1.54) is 50.6 Å². The number of carbonyl (C=O) groups excluding carboxylic acids is 1. The zero-order valence-corrected chi connectivity index (χ0v) is 30.9. The number of ether oxygens (including phenoxy) is 7. The Morgan fingerprint density at radius 1 is 0.879 bits per heavy atom. The van der Waals surface area contributed by atoms with Crippen molar-refractivity contribution < 1.29 is 74.9 Å². The molecule has 0 saturated carbocycles. The van der Waals surface area contributed by atoms with E-state index in [9.17, 15) is 23.1 Å². The molecule has 0 spiro atoms. The monoisotopic (exact) mass is 821 g/mol. The number of likely N-dealkylation sites (N-methyl/N-ethyl adjacent to an activating group) is 1. The highest BCUT2D eigenvalue weighted by Crippen LogP contribution is 2.43. The zero-order valence-electron chi connectivity index (χ0n) is 30.9. The lowest BCUT2D eigenvalue weighted by atomic mass is 10.2. The molecule has 0 saturated heterocycles. The van der Waals surface area contributed by atoms with Gasteiger partial charge in [0.1, 0.15) is 24.0 Å². The van der Waals surface area contributed by atoms with E-state index in [1.807, 2.05) is 11.9 Å². The molecule has 0 bridgehead atoms. The summed E-state index contributed by atoms with van der Waals surface area (Å²) >= 11 is 0. The second kappa shape index (κ2) is 19.9. The van der Waals surface area contributed by atoms with Crippen LogP contribution in [0.5, 0.6) is 46.3 Å². The van der Waals surface area contributed by atoms with Gasteiger partial charge in [0.2, 0.25) is 17.4 Å². The number of nitrogens with zero attached hydrogens (tertiary/aromatic N) is 3. The number of esters is 1. The summed E-state index contributed by atoms with van der Waals surface area (Å²) in [7, 11) is 4.69. The number of nitrogens with one attached hydrogen (secondary N) is 1. The van der Waals surface area contributed by atoms with E-state index < -0.39 is 53.0 Å². The number of rotatable bonds is 16. The van der Waals surface area contributed by atoms with Crippen molar-refractivity contribution >= 4 is 23.6 Å². The Labute approximate surface area is 326 Å². The molecule has 21 heteroatoms. The van der Waals surface area contributed by atoms with Gasteiger partial charge >= 0.3 is 18.1 Å². The molecule has 5 N–H and O–H groups in total. The van der Waals surface area contributed by atoms with Crippen LogP contribution in [0.4, 0.5) is 22.0 Å². The highest BCUT2D eigenvalue weighted by molar-refractivity contribution is 6.00. The van der Waals surface area contributed by atoms with Crippen LogP contribution in [0.15, 0.2) is 65.7 Å². The predicted octanol–water partition coefficient (Wildman–Crippen LogP) is 5.88. The maximum absolute atomic E-state index is 16.2. The maximum Gasteiger partial charge on any atom is 0.490 e. The number of nitrogen functional groups attached to an aromatic ring is 1. The van der Waals surface area contributed by atoms with Gasteiger partial charge in [-0.3, -0.25) is 10.4 Å². The Morgan fingerprint density at radius 2 is 1.53 bits per heavy atom. The molecular formula is C37H36F5N5O11. The Balaban J connectivity index is 0.000000973. The molecule has 0 fully saturated rings. The third-order valence-corrected chi connectivity index (χ3v) is 7.57. The summed E-state index contributed by atoms with van der Waals surface area (Å²) in [6.07, 6.45) is -5.08. The number of aromatic nitrogens is 1. The number of aliphatic imine (C=N–C) groups is 1. The normalized spacial score (nSPS) is 12.2. The fourth-order valence-electron chi connectivity index (χ4n) is 4.74. The van der Waals surface area contributed by atoms with Crippen LogP contribution in [0.3, 0.4) is 0 Å². The van der Waals surface area contributed by atoms with Crippen LogP contribution in [0.1, 0.15) is 21.5 Å². The second-order valence-corrected chi connectivity index (χ2v) is 11.6. The van der Waals surface area contributed by atoms with Gasteiger partial charge in [0.15, 0.2) is 23.0 Å². The molecule has 2 heterocycles. The summed E-state index contributed by atoms with van der Waals surface area (Å²) in [5.41, 5.74) is 6.48. The number of hydrogen-bond donors (Lipinski definition) is 4. The lowest BCUT2D eigenvalue weighted by Crippen LogP contribution is -2.23. The van der Waals surface area contributed by atoms with Crippen molar-refractivity contribution in [2.75, 3.05) is 60.8 Å². The minimum absolute atomic E-state index is 0.0271. The largest absolute Gasteiger partial charge is 0.504 e. The van der Waals surface area contributed by atoms with Gasteiger partial charge < -0.3 is 54.0 Å². The number of nitrogens with two attached hydrogens (primary N) is 1. The molecule has 1 aromatic heterocycles. The molecule has 0 aliphatic carbocycles. The smallest absolute Gasteiger partial charge is 0.490 e. The van der Waals surface area contributed by atoms with Gasteiger partial charge in [0.25, 0.3) is 11.8 Å². The topological polar surface area (TPSA) is 218 Å². The number of phenols is 1. The summed E-state index contributed by atoms with van der Waals surface area (Å²) in [6, 6.07) is 14.2. The third-order valence-electron chi connectivity index (χ3n) is 7.57. The summed E-state index contributed by atoms with van der Waals surface area (Å²) in [4.78, 5) is 31.9. The van der Waals surface area contributed by atoms with Gasteiger partial charge in [0, 0.05) is 31.8 Å². The highest BCUT2D eigenvalue weighted by atomic mass is 19.4. The van der Waals surface area contributed by atoms with Crippen molar-refractivity contribution in [3.63, 3.8) is 0 Å². The number of amidine groups is 2. The molecule has 4 aromatic rings. The van der Waals surface area contributed by atoms with Crippen molar-refractivity contribution in [1.82, 2.24) is 9.88 Å². The molecule has 58 heavy (non-hydrogen) atoms. The Morgan fingerprint density at radius 3 is 2.16 bits per heavy atom. The first kappa shape index (κ1) is 44.0. The van der Waals surface area contributed by atoms with E-state index in [0.717, 1.165) is 6.54 Å². The number of benzene rings is 3. The zero-order chi connectivity index (χ0) is 42.6. The fourth-order valence-corrected chi connectivity index (χ4v) is 4.74. The number of phenolic OH excluding ortho intramolecular Hbond substituents is 1. The van der Waals surface area contributed by atoms with Crippen molar-refractivity contribution in [2.45, 2.75) is 6.18 Å². The summed E-state index contributed by atoms with van der Waals surface area (Å²) < 4.78 is 102. The minimum Gasteiger partial charge on any atom is -0.504 e. The molecule has 1 aliphatic heterocycles.